The van der Waals surface area contributed by atoms with Crippen molar-refractivity contribution >= 4 is 18.1 Å². The third kappa shape index (κ3) is 7.73. The number of rotatable bonds is 14. The first-order valence-corrected chi connectivity index (χ1v) is 18.6. The van der Waals surface area contributed by atoms with Crippen LogP contribution < -0.4 is 0 Å². The zero-order chi connectivity index (χ0) is 38.7. The van der Waals surface area contributed by atoms with E-state index >= 15 is 0 Å². The molecule has 0 radical (unpaired) electrons. The molecule has 3 aliphatic carbocycles. The van der Waals surface area contributed by atoms with E-state index in [1.807, 2.05) is 51.2 Å². The van der Waals surface area contributed by atoms with Gasteiger partial charge in [0.2, 0.25) is 0 Å². The molecule has 14 nitrogen and oxygen atoms in total. The Balaban J connectivity index is 1.36. The fourth-order valence-corrected chi connectivity index (χ4v) is 9.27. The Morgan fingerprint density at radius 1 is 1.09 bits per heavy atom. The standard InChI is InChI=1S/C39H56O14/c1-21-16-22(2)39-27(10-11-28-30(39)31(44)23(3)33(34(28)53-39)52-35(45)25-8-6-7-9-25)17-29(48-5)36(46)51-32(21)24(4)50-37(47)49-15-13-26(12-14-40)38(18-41,19-42)20-43/h6-8,10-11,16,21,23-24,26-34,40-44H,9,12-15,17-20H2,1-5H3/b22-16+/t21-,23-,24-,26?,27?,28-,29+,30+,31-,32+,33-,34-,39+/m1/s1. The van der Waals surface area contributed by atoms with E-state index in [0.717, 1.165) is 5.57 Å². The Morgan fingerprint density at radius 3 is 2.43 bits per heavy atom. The summed E-state index contributed by atoms with van der Waals surface area (Å²) in [6.45, 7) is 5.15. The van der Waals surface area contributed by atoms with Crippen molar-refractivity contribution in [1.82, 2.24) is 0 Å². The minimum Gasteiger partial charge on any atom is -0.456 e. The van der Waals surface area contributed by atoms with E-state index in [1.54, 1.807) is 13.0 Å². The summed E-state index contributed by atoms with van der Waals surface area (Å²) in [5.74, 6) is -3.69. The molecule has 0 aromatic heterocycles. The lowest BCUT2D eigenvalue weighted by atomic mass is 9.57. The summed E-state index contributed by atoms with van der Waals surface area (Å²) < 4.78 is 35.7. The van der Waals surface area contributed by atoms with Crippen molar-refractivity contribution in [2.24, 2.45) is 40.9 Å². The Bertz CT molecular complexity index is 1440. The lowest BCUT2D eigenvalue weighted by Crippen LogP contribution is -2.57. The van der Waals surface area contributed by atoms with Crippen molar-refractivity contribution in [2.75, 3.05) is 40.1 Å². The molecule has 1 saturated carbocycles. The van der Waals surface area contributed by atoms with Gasteiger partial charge in [0.15, 0.2) is 6.10 Å². The minimum atomic E-state index is -1.27. The van der Waals surface area contributed by atoms with Crippen LogP contribution in [0.1, 0.15) is 53.4 Å². The van der Waals surface area contributed by atoms with Crippen LogP contribution in [0.3, 0.4) is 0 Å². The second-order valence-electron chi connectivity index (χ2n) is 15.3. The lowest BCUT2D eigenvalue weighted by molar-refractivity contribution is -0.174. The average molecular weight is 749 g/mol. The number of methoxy groups -OCH3 is 1. The molecule has 296 valence electrons. The molecule has 13 atom stereocenters. The molecule has 5 aliphatic rings. The van der Waals surface area contributed by atoms with Gasteiger partial charge in [-0.15, -0.1) is 0 Å². The fraction of sp³-hybridized carbons (Fsp3) is 0.718. The maximum absolute atomic E-state index is 13.7. The number of ether oxygens (including phenoxy) is 6. The van der Waals surface area contributed by atoms with Crippen molar-refractivity contribution in [1.29, 1.82) is 0 Å². The second-order valence-corrected chi connectivity index (χ2v) is 15.3. The van der Waals surface area contributed by atoms with Gasteiger partial charge in [-0.05, 0) is 51.0 Å². The molecule has 2 aliphatic heterocycles. The SMILES string of the molecule is CO[C@H]1CC2C=C[C@H]3[C@H]4O[C@]2(/C(C)=C/[C@@H](C)[C@@H]([C@@H](C)OC(=O)OCCC(CCO)C(CO)(CO)CO)OC1=O)[C@@H]3[C@H](O)[C@@H](C)[C@H]4OC(=O)C1=CC=CC1. The molecule has 5 N–H and O–H groups in total. The van der Waals surface area contributed by atoms with Gasteiger partial charge in [-0.1, -0.05) is 50.3 Å². The van der Waals surface area contributed by atoms with Gasteiger partial charge in [0, 0.05) is 54.3 Å². The predicted octanol–water partition coefficient (Wildman–Crippen LogP) is 2.16. The normalized spacial score (nSPS) is 37.1. The van der Waals surface area contributed by atoms with Gasteiger partial charge in [-0.25, -0.2) is 14.4 Å². The van der Waals surface area contributed by atoms with Crippen molar-refractivity contribution in [2.45, 2.75) is 95.6 Å². The van der Waals surface area contributed by atoms with E-state index in [9.17, 15) is 39.9 Å². The molecule has 1 spiro atoms. The lowest BCUT2D eigenvalue weighted by Gasteiger charge is -2.49. The molecule has 1 saturated heterocycles. The van der Waals surface area contributed by atoms with Gasteiger partial charge in [0.1, 0.15) is 30.0 Å². The highest BCUT2D eigenvalue weighted by atomic mass is 16.7. The second kappa shape index (κ2) is 17.1. The number of aliphatic hydroxyl groups is 5. The van der Waals surface area contributed by atoms with E-state index in [4.69, 9.17) is 28.4 Å². The van der Waals surface area contributed by atoms with Crippen LogP contribution in [-0.4, -0.2) is 126 Å². The third-order valence-corrected chi connectivity index (χ3v) is 12.4. The van der Waals surface area contributed by atoms with Gasteiger partial charge < -0.3 is 54.0 Å². The molecule has 5 rings (SSSR count). The molecule has 14 heteroatoms. The first-order valence-electron chi connectivity index (χ1n) is 18.6. The first kappa shape index (κ1) is 41.1. The summed E-state index contributed by atoms with van der Waals surface area (Å²) in [7, 11) is 1.41. The smallest absolute Gasteiger partial charge is 0.456 e. The fourth-order valence-electron chi connectivity index (χ4n) is 9.27. The van der Waals surface area contributed by atoms with Gasteiger partial charge in [0.05, 0.1) is 32.5 Å². The van der Waals surface area contributed by atoms with E-state index < -0.39 is 115 Å². The molecule has 2 heterocycles. The van der Waals surface area contributed by atoms with Crippen LogP contribution in [-0.2, 0) is 38.0 Å². The average Bonchev–Trinajstić information content (AvgIpc) is 3.75. The number of carbonyl (C=O) groups is 3. The van der Waals surface area contributed by atoms with Gasteiger partial charge in [-0.2, -0.15) is 0 Å². The predicted molar refractivity (Wildman–Crippen MR) is 188 cm³/mol. The Labute approximate surface area is 310 Å². The zero-order valence-electron chi connectivity index (χ0n) is 31.2. The van der Waals surface area contributed by atoms with Crippen LogP contribution in [0.25, 0.3) is 0 Å². The maximum Gasteiger partial charge on any atom is 0.508 e. The number of aliphatic hydroxyl groups excluding tert-OH is 5. The highest BCUT2D eigenvalue weighted by molar-refractivity contribution is 5.90. The van der Waals surface area contributed by atoms with Crippen LogP contribution in [0.4, 0.5) is 4.79 Å². The summed E-state index contributed by atoms with van der Waals surface area (Å²) in [6, 6.07) is 0. The summed E-state index contributed by atoms with van der Waals surface area (Å²) in [5, 5.41) is 51.0. The monoisotopic (exact) mass is 748 g/mol. The Hall–Kier alpha value is -3.11. The molecule has 0 amide bonds. The Kier molecular flexibility index (Phi) is 13.3. The van der Waals surface area contributed by atoms with E-state index in [-0.39, 0.29) is 38.4 Å². The summed E-state index contributed by atoms with van der Waals surface area (Å²) in [5.41, 5.74) is -1.01. The van der Waals surface area contributed by atoms with Crippen molar-refractivity contribution in [3.63, 3.8) is 0 Å². The minimum absolute atomic E-state index is 0.123. The van der Waals surface area contributed by atoms with Crippen LogP contribution in [0.2, 0.25) is 0 Å². The summed E-state index contributed by atoms with van der Waals surface area (Å²) in [4.78, 5) is 39.7. The molecule has 53 heavy (non-hydrogen) atoms. The molecule has 4 bridgehead atoms. The highest BCUT2D eigenvalue weighted by Crippen LogP contribution is 2.61. The molecule has 2 unspecified atom stereocenters. The number of carbonyl (C=O) groups excluding carboxylic acids is 3. The van der Waals surface area contributed by atoms with Crippen molar-refractivity contribution in [3.8, 4) is 0 Å². The Morgan fingerprint density at radius 2 is 1.81 bits per heavy atom. The van der Waals surface area contributed by atoms with Crippen LogP contribution in [0, 0.1) is 40.9 Å². The molecular formula is C39H56O14. The van der Waals surface area contributed by atoms with Gasteiger partial charge in [0.25, 0.3) is 0 Å². The number of hydrogen-bond donors (Lipinski definition) is 5. The van der Waals surface area contributed by atoms with Crippen LogP contribution in [0.15, 0.2) is 47.6 Å². The summed E-state index contributed by atoms with van der Waals surface area (Å²) in [6.07, 6.45) is 6.06. The number of hydrogen-bond acceptors (Lipinski definition) is 14. The summed E-state index contributed by atoms with van der Waals surface area (Å²) >= 11 is 0. The van der Waals surface area contributed by atoms with Crippen molar-refractivity contribution < 1.29 is 68.3 Å². The van der Waals surface area contributed by atoms with Crippen molar-refractivity contribution in [3.05, 3.63) is 47.6 Å². The number of allylic oxidation sites excluding steroid dienone is 3. The molecule has 2 fully saturated rings. The topological polar surface area (TPSA) is 208 Å². The van der Waals surface area contributed by atoms with E-state index in [1.165, 1.54) is 7.11 Å². The number of esters is 2. The molecular weight excluding hydrogens is 692 g/mol. The highest BCUT2D eigenvalue weighted by Gasteiger charge is 2.69. The largest absolute Gasteiger partial charge is 0.508 e. The van der Waals surface area contributed by atoms with Gasteiger partial charge >= 0.3 is 18.1 Å². The zero-order valence-corrected chi connectivity index (χ0v) is 31.2. The quantitative estimate of drug-likeness (QED) is 0.0981. The molecule has 0 aromatic carbocycles. The van der Waals surface area contributed by atoms with Crippen LogP contribution in [0.5, 0.6) is 0 Å². The van der Waals surface area contributed by atoms with Gasteiger partial charge in [-0.3, -0.25) is 0 Å². The first-order chi connectivity index (χ1) is 25.3. The third-order valence-electron chi connectivity index (χ3n) is 12.4. The molecule has 0 aromatic rings. The van der Waals surface area contributed by atoms with Crippen LogP contribution >= 0.6 is 0 Å². The van der Waals surface area contributed by atoms with E-state index in [0.29, 0.717) is 12.0 Å². The number of cyclic esters (lactones) is 1. The maximum atomic E-state index is 13.7. The van der Waals surface area contributed by atoms with E-state index in [2.05, 4.69) is 0 Å².